The van der Waals surface area contributed by atoms with E-state index >= 15 is 0 Å². The van der Waals surface area contributed by atoms with Crippen molar-refractivity contribution in [3.05, 3.63) is 35.3 Å². The van der Waals surface area contributed by atoms with Gasteiger partial charge in [0.25, 0.3) is 5.91 Å². The number of thiazole rings is 1. The molecule has 1 N–H and O–H groups in total. The smallest absolute Gasteiger partial charge is 0.312 e. The molecule has 22 heavy (non-hydrogen) atoms. The van der Waals surface area contributed by atoms with Crippen molar-refractivity contribution in [3.8, 4) is 16.3 Å². The van der Waals surface area contributed by atoms with Crippen LogP contribution in [0.3, 0.4) is 0 Å². The molecule has 0 aliphatic carbocycles. The van der Waals surface area contributed by atoms with Crippen molar-refractivity contribution in [2.75, 3.05) is 20.8 Å². The number of hydrogen-bond donors (Lipinski definition) is 1. The third kappa shape index (κ3) is 4.29. The number of methoxy groups -OCH3 is 1. The van der Waals surface area contributed by atoms with Gasteiger partial charge in [0, 0.05) is 18.0 Å². The van der Waals surface area contributed by atoms with Crippen LogP contribution in [-0.2, 0) is 20.7 Å². The number of amides is 1. The van der Waals surface area contributed by atoms with Gasteiger partial charge in [-0.1, -0.05) is 0 Å². The van der Waals surface area contributed by atoms with Crippen LogP contribution in [0.25, 0.3) is 10.6 Å². The van der Waals surface area contributed by atoms with E-state index in [1.807, 2.05) is 24.3 Å². The summed E-state index contributed by atoms with van der Waals surface area (Å²) in [7, 11) is 3.10. The molecule has 1 heterocycles. The highest BCUT2D eigenvalue weighted by atomic mass is 32.1. The zero-order valence-corrected chi connectivity index (χ0v) is 13.1. The van der Waals surface area contributed by atoms with Crippen molar-refractivity contribution in [2.45, 2.75) is 6.42 Å². The molecule has 1 aromatic heterocycles. The fourth-order valence-corrected chi connectivity index (χ4v) is 2.50. The molecule has 0 spiro atoms. The molecule has 0 bridgehead atoms. The molecule has 0 fully saturated rings. The highest BCUT2D eigenvalue weighted by molar-refractivity contribution is 7.13. The lowest BCUT2D eigenvalue weighted by Crippen LogP contribution is -2.25. The third-order valence-electron chi connectivity index (χ3n) is 2.86. The average molecular weight is 320 g/mol. The van der Waals surface area contributed by atoms with Crippen molar-refractivity contribution in [1.29, 1.82) is 0 Å². The van der Waals surface area contributed by atoms with E-state index in [1.165, 1.54) is 18.4 Å². The number of hydrogen-bond acceptors (Lipinski definition) is 6. The molecule has 0 radical (unpaired) electrons. The van der Waals surface area contributed by atoms with E-state index in [0.29, 0.717) is 5.69 Å². The summed E-state index contributed by atoms with van der Waals surface area (Å²) in [6.07, 6.45) is 0.0453. The van der Waals surface area contributed by atoms with Crippen LogP contribution < -0.4 is 10.1 Å². The van der Waals surface area contributed by atoms with E-state index in [1.54, 1.807) is 12.5 Å². The number of nitrogens with zero attached hydrogens (tertiary/aromatic N) is 1. The fourth-order valence-electron chi connectivity index (χ4n) is 1.67. The Morgan fingerprint density at radius 1 is 1.27 bits per heavy atom. The van der Waals surface area contributed by atoms with Gasteiger partial charge in [0.1, 0.15) is 10.8 Å². The molecule has 0 saturated carbocycles. The van der Waals surface area contributed by atoms with Gasteiger partial charge in [-0.25, -0.2) is 4.98 Å². The van der Waals surface area contributed by atoms with Crippen molar-refractivity contribution < 1.29 is 19.1 Å². The topological polar surface area (TPSA) is 77.5 Å². The lowest BCUT2D eigenvalue weighted by molar-refractivity contribution is -0.147. The molecule has 0 atom stereocenters. The largest absolute Gasteiger partial charge is 0.497 e. The maximum atomic E-state index is 11.6. The van der Waals surface area contributed by atoms with Gasteiger partial charge in [-0.2, -0.15) is 0 Å². The predicted molar refractivity (Wildman–Crippen MR) is 82.8 cm³/mol. The Labute approximate surface area is 132 Å². The number of likely N-dealkylation sites (N-methyl/N-ethyl adjacent to an activating group) is 1. The lowest BCUT2D eigenvalue weighted by Gasteiger charge is -2.02. The first-order valence-electron chi connectivity index (χ1n) is 6.57. The molecule has 1 amide bonds. The second kappa shape index (κ2) is 7.56. The third-order valence-corrected chi connectivity index (χ3v) is 3.80. The number of esters is 1. The summed E-state index contributed by atoms with van der Waals surface area (Å²) in [6.45, 7) is -0.273. The quantitative estimate of drug-likeness (QED) is 0.819. The number of carbonyl (C=O) groups excluding carboxylic acids is 2. The molecule has 2 rings (SSSR count). The van der Waals surface area contributed by atoms with Gasteiger partial charge in [-0.15, -0.1) is 11.3 Å². The minimum absolute atomic E-state index is 0.0453. The van der Waals surface area contributed by atoms with E-state index in [0.717, 1.165) is 16.3 Å². The van der Waals surface area contributed by atoms with Gasteiger partial charge in [-0.3, -0.25) is 9.59 Å². The SMILES string of the molecule is CNC(=O)COC(=O)Cc1csc(-c2ccc(OC)cc2)n1. The van der Waals surface area contributed by atoms with Gasteiger partial charge in [0.05, 0.1) is 19.2 Å². The number of aromatic nitrogens is 1. The molecule has 0 unspecified atom stereocenters. The molecule has 7 heteroatoms. The standard InChI is InChI=1S/C15H16N2O4S/c1-16-13(18)8-21-14(19)7-11-9-22-15(17-11)10-3-5-12(20-2)6-4-10/h3-6,9H,7-8H2,1-2H3,(H,16,18). The van der Waals surface area contributed by atoms with Crippen LogP contribution in [-0.4, -0.2) is 37.6 Å². The molecule has 0 aliphatic heterocycles. The lowest BCUT2D eigenvalue weighted by atomic mass is 10.2. The summed E-state index contributed by atoms with van der Waals surface area (Å²) in [4.78, 5) is 27.0. The van der Waals surface area contributed by atoms with Gasteiger partial charge < -0.3 is 14.8 Å². The zero-order chi connectivity index (χ0) is 15.9. The van der Waals surface area contributed by atoms with Crippen LogP contribution in [0, 0.1) is 0 Å². The molecule has 0 aliphatic rings. The molecular formula is C15H16N2O4S. The molecule has 116 valence electrons. The van der Waals surface area contributed by atoms with Crippen molar-refractivity contribution in [3.63, 3.8) is 0 Å². The van der Waals surface area contributed by atoms with Crippen LogP contribution in [0.2, 0.25) is 0 Å². The number of carbonyl (C=O) groups is 2. The minimum atomic E-state index is -0.477. The Balaban J connectivity index is 1.95. The van der Waals surface area contributed by atoms with Crippen LogP contribution in [0.4, 0.5) is 0 Å². The highest BCUT2D eigenvalue weighted by Crippen LogP contribution is 2.25. The summed E-state index contributed by atoms with van der Waals surface area (Å²) < 4.78 is 9.95. The number of benzene rings is 1. The Hall–Kier alpha value is -2.41. The van der Waals surface area contributed by atoms with E-state index in [9.17, 15) is 9.59 Å². The minimum Gasteiger partial charge on any atom is -0.497 e. The van der Waals surface area contributed by atoms with E-state index < -0.39 is 5.97 Å². The van der Waals surface area contributed by atoms with Gasteiger partial charge >= 0.3 is 5.97 Å². The fraction of sp³-hybridized carbons (Fsp3) is 0.267. The molecular weight excluding hydrogens is 304 g/mol. The maximum Gasteiger partial charge on any atom is 0.312 e. The van der Waals surface area contributed by atoms with Crippen molar-refractivity contribution in [1.82, 2.24) is 10.3 Å². The summed E-state index contributed by atoms with van der Waals surface area (Å²) in [5.41, 5.74) is 1.58. The summed E-state index contributed by atoms with van der Waals surface area (Å²) in [5.74, 6) is -0.0426. The molecule has 2 aromatic rings. The number of ether oxygens (including phenoxy) is 2. The van der Waals surface area contributed by atoms with Crippen LogP contribution in [0.5, 0.6) is 5.75 Å². The first-order valence-corrected chi connectivity index (χ1v) is 7.45. The van der Waals surface area contributed by atoms with Crippen LogP contribution >= 0.6 is 11.3 Å². The monoisotopic (exact) mass is 320 g/mol. The Bertz CT molecular complexity index is 652. The molecule has 6 nitrogen and oxygen atoms in total. The van der Waals surface area contributed by atoms with Crippen molar-refractivity contribution >= 4 is 23.2 Å². The van der Waals surface area contributed by atoms with Crippen molar-refractivity contribution in [2.24, 2.45) is 0 Å². The predicted octanol–water partition coefficient (Wildman–Crippen LogP) is 1.65. The Morgan fingerprint density at radius 3 is 2.64 bits per heavy atom. The molecule has 1 aromatic carbocycles. The van der Waals surface area contributed by atoms with E-state index in [4.69, 9.17) is 9.47 Å². The first-order chi connectivity index (χ1) is 10.6. The first kappa shape index (κ1) is 16.0. The second-order valence-electron chi connectivity index (χ2n) is 4.38. The zero-order valence-electron chi connectivity index (χ0n) is 12.3. The highest BCUT2D eigenvalue weighted by Gasteiger charge is 2.11. The summed E-state index contributed by atoms with van der Waals surface area (Å²) in [6, 6.07) is 7.53. The van der Waals surface area contributed by atoms with Gasteiger partial charge in [0.15, 0.2) is 6.61 Å². The number of nitrogens with one attached hydrogen (secondary N) is 1. The Kier molecular flexibility index (Phi) is 5.48. The van der Waals surface area contributed by atoms with Crippen LogP contribution in [0.1, 0.15) is 5.69 Å². The number of rotatable bonds is 6. The summed E-state index contributed by atoms with van der Waals surface area (Å²) >= 11 is 1.45. The van der Waals surface area contributed by atoms with Crippen LogP contribution in [0.15, 0.2) is 29.6 Å². The summed E-state index contributed by atoms with van der Waals surface area (Å²) in [5, 5.41) is 5.00. The van der Waals surface area contributed by atoms with Gasteiger partial charge in [-0.05, 0) is 24.3 Å². The Morgan fingerprint density at radius 2 is 2.00 bits per heavy atom. The van der Waals surface area contributed by atoms with E-state index in [-0.39, 0.29) is 18.9 Å². The second-order valence-corrected chi connectivity index (χ2v) is 5.24. The van der Waals surface area contributed by atoms with E-state index in [2.05, 4.69) is 10.3 Å². The average Bonchev–Trinajstić information content (AvgIpc) is 3.01. The molecule has 0 saturated heterocycles. The maximum absolute atomic E-state index is 11.6. The normalized spacial score (nSPS) is 10.1. The van der Waals surface area contributed by atoms with Gasteiger partial charge in [0.2, 0.25) is 0 Å².